The largest absolute Gasteiger partial charge is 0.397 e. The second-order valence-electron chi connectivity index (χ2n) is 4.82. The maximum absolute atomic E-state index is 11.8. The fraction of sp³-hybridized carbons (Fsp3) is 0.462. The van der Waals surface area contributed by atoms with Gasteiger partial charge in [0.1, 0.15) is 0 Å². The maximum atomic E-state index is 11.8. The van der Waals surface area contributed by atoms with Crippen molar-refractivity contribution in [3.63, 3.8) is 0 Å². The van der Waals surface area contributed by atoms with Gasteiger partial charge in [-0.15, -0.1) is 0 Å². The first-order chi connectivity index (χ1) is 8.00. The van der Waals surface area contributed by atoms with Crippen molar-refractivity contribution in [2.24, 2.45) is 0 Å². The summed E-state index contributed by atoms with van der Waals surface area (Å²) in [6.07, 6.45) is 2.46. The number of carbonyl (C=O) groups is 1. The molecule has 0 radical (unpaired) electrons. The van der Waals surface area contributed by atoms with E-state index in [2.05, 4.69) is 11.9 Å². The SMILES string of the molecule is CN(C)C(=O)c1ccc(N(C)C2CC2)c(N)c1. The second kappa shape index (κ2) is 4.28. The Hall–Kier alpha value is -1.71. The third-order valence-corrected chi connectivity index (χ3v) is 3.16. The van der Waals surface area contributed by atoms with Gasteiger partial charge in [0.2, 0.25) is 0 Å². The molecule has 17 heavy (non-hydrogen) atoms. The van der Waals surface area contributed by atoms with Crippen molar-refractivity contribution in [3.05, 3.63) is 23.8 Å². The molecular formula is C13H19N3O. The summed E-state index contributed by atoms with van der Waals surface area (Å²) in [5.74, 6) is -0.0164. The Morgan fingerprint density at radius 3 is 2.41 bits per heavy atom. The smallest absolute Gasteiger partial charge is 0.253 e. The summed E-state index contributed by atoms with van der Waals surface area (Å²) >= 11 is 0. The van der Waals surface area contributed by atoms with E-state index in [0.29, 0.717) is 17.3 Å². The van der Waals surface area contributed by atoms with E-state index < -0.39 is 0 Å². The molecule has 0 heterocycles. The van der Waals surface area contributed by atoms with Crippen LogP contribution in [0.5, 0.6) is 0 Å². The highest BCUT2D eigenvalue weighted by Gasteiger charge is 2.27. The third kappa shape index (κ3) is 2.35. The molecule has 1 aromatic carbocycles. The number of amides is 1. The Balaban J connectivity index is 2.25. The van der Waals surface area contributed by atoms with E-state index >= 15 is 0 Å². The quantitative estimate of drug-likeness (QED) is 0.806. The van der Waals surface area contributed by atoms with Gasteiger partial charge in [-0.1, -0.05) is 0 Å². The molecule has 0 bridgehead atoms. The van der Waals surface area contributed by atoms with Crippen LogP contribution >= 0.6 is 0 Å². The number of hydrogen-bond donors (Lipinski definition) is 1. The topological polar surface area (TPSA) is 49.6 Å². The number of carbonyl (C=O) groups excluding carboxylic acids is 1. The van der Waals surface area contributed by atoms with Gasteiger partial charge in [-0.2, -0.15) is 0 Å². The van der Waals surface area contributed by atoms with Crippen molar-refractivity contribution >= 4 is 17.3 Å². The number of rotatable bonds is 3. The van der Waals surface area contributed by atoms with Crippen LogP contribution in [0.1, 0.15) is 23.2 Å². The van der Waals surface area contributed by atoms with Gasteiger partial charge in [-0.3, -0.25) is 4.79 Å². The summed E-state index contributed by atoms with van der Waals surface area (Å²) < 4.78 is 0. The Bertz CT molecular complexity index is 438. The summed E-state index contributed by atoms with van der Waals surface area (Å²) in [6, 6.07) is 6.15. The summed E-state index contributed by atoms with van der Waals surface area (Å²) in [5.41, 5.74) is 8.34. The number of anilines is 2. The molecule has 0 aliphatic heterocycles. The molecule has 1 fully saturated rings. The van der Waals surface area contributed by atoms with Crippen molar-refractivity contribution in [2.45, 2.75) is 18.9 Å². The molecule has 2 rings (SSSR count). The van der Waals surface area contributed by atoms with Gasteiger partial charge in [0.15, 0.2) is 0 Å². The van der Waals surface area contributed by atoms with Crippen LogP contribution in [0.3, 0.4) is 0 Å². The molecule has 1 saturated carbocycles. The molecule has 92 valence electrons. The minimum absolute atomic E-state index is 0.0164. The second-order valence-corrected chi connectivity index (χ2v) is 4.82. The molecule has 4 nitrogen and oxygen atoms in total. The van der Waals surface area contributed by atoms with Gasteiger partial charge in [-0.25, -0.2) is 0 Å². The number of benzene rings is 1. The number of nitrogens with two attached hydrogens (primary N) is 1. The van der Waals surface area contributed by atoms with Crippen molar-refractivity contribution in [3.8, 4) is 0 Å². The first kappa shape index (κ1) is 11.8. The summed E-state index contributed by atoms with van der Waals surface area (Å²) in [4.78, 5) is 15.5. The minimum atomic E-state index is -0.0164. The lowest BCUT2D eigenvalue weighted by Gasteiger charge is -2.21. The highest BCUT2D eigenvalue weighted by atomic mass is 16.2. The lowest BCUT2D eigenvalue weighted by Crippen LogP contribution is -2.23. The van der Waals surface area contributed by atoms with Crippen LogP contribution < -0.4 is 10.6 Å². The molecule has 1 amide bonds. The molecule has 0 unspecified atom stereocenters. The van der Waals surface area contributed by atoms with Gasteiger partial charge in [-0.05, 0) is 31.0 Å². The van der Waals surface area contributed by atoms with E-state index in [1.165, 1.54) is 12.8 Å². The maximum Gasteiger partial charge on any atom is 0.253 e. The highest BCUT2D eigenvalue weighted by molar-refractivity contribution is 5.95. The Labute approximate surface area is 102 Å². The van der Waals surface area contributed by atoms with Crippen LogP contribution in [-0.2, 0) is 0 Å². The lowest BCUT2D eigenvalue weighted by atomic mass is 10.1. The molecular weight excluding hydrogens is 214 g/mol. The van der Waals surface area contributed by atoms with Crippen molar-refractivity contribution in [1.82, 2.24) is 4.90 Å². The Morgan fingerprint density at radius 2 is 1.94 bits per heavy atom. The number of hydrogen-bond acceptors (Lipinski definition) is 3. The van der Waals surface area contributed by atoms with Gasteiger partial charge < -0.3 is 15.5 Å². The fourth-order valence-electron chi connectivity index (χ4n) is 1.93. The van der Waals surface area contributed by atoms with E-state index in [-0.39, 0.29) is 5.91 Å². The first-order valence-corrected chi connectivity index (χ1v) is 5.84. The van der Waals surface area contributed by atoms with Crippen LogP contribution in [0.2, 0.25) is 0 Å². The predicted molar refractivity (Wildman–Crippen MR) is 70.3 cm³/mol. The average molecular weight is 233 g/mol. The van der Waals surface area contributed by atoms with Crippen LogP contribution in [0.25, 0.3) is 0 Å². The minimum Gasteiger partial charge on any atom is -0.397 e. The van der Waals surface area contributed by atoms with E-state index in [1.807, 2.05) is 12.1 Å². The van der Waals surface area contributed by atoms with Gasteiger partial charge >= 0.3 is 0 Å². The Kier molecular flexibility index (Phi) is 2.96. The molecule has 0 spiro atoms. The zero-order valence-corrected chi connectivity index (χ0v) is 10.6. The van der Waals surface area contributed by atoms with Gasteiger partial charge in [0.05, 0.1) is 11.4 Å². The summed E-state index contributed by atoms with van der Waals surface area (Å²) in [6.45, 7) is 0. The van der Waals surface area contributed by atoms with Crippen molar-refractivity contribution in [1.29, 1.82) is 0 Å². The fourth-order valence-corrected chi connectivity index (χ4v) is 1.93. The zero-order valence-electron chi connectivity index (χ0n) is 10.6. The summed E-state index contributed by atoms with van der Waals surface area (Å²) in [7, 11) is 5.53. The molecule has 0 saturated heterocycles. The van der Waals surface area contributed by atoms with Gasteiger partial charge in [0.25, 0.3) is 5.91 Å². The molecule has 0 aromatic heterocycles. The van der Waals surface area contributed by atoms with E-state index in [9.17, 15) is 4.79 Å². The molecule has 2 N–H and O–H groups in total. The normalized spacial score (nSPS) is 14.5. The van der Waals surface area contributed by atoms with E-state index in [4.69, 9.17) is 5.73 Å². The molecule has 1 aliphatic carbocycles. The number of nitrogen functional groups attached to an aromatic ring is 1. The van der Waals surface area contributed by atoms with Crippen LogP contribution in [-0.4, -0.2) is 38.0 Å². The van der Waals surface area contributed by atoms with Crippen molar-refractivity contribution in [2.75, 3.05) is 31.8 Å². The van der Waals surface area contributed by atoms with Crippen LogP contribution in [0.4, 0.5) is 11.4 Å². The predicted octanol–water partition coefficient (Wildman–Crippen LogP) is 1.57. The average Bonchev–Trinajstić information content (AvgIpc) is 3.10. The Morgan fingerprint density at radius 1 is 1.29 bits per heavy atom. The zero-order chi connectivity index (χ0) is 12.6. The van der Waals surface area contributed by atoms with Crippen molar-refractivity contribution < 1.29 is 4.79 Å². The van der Waals surface area contributed by atoms with E-state index in [0.717, 1.165) is 5.69 Å². The van der Waals surface area contributed by atoms with Crippen LogP contribution in [0, 0.1) is 0 Å². The molecule has 0 atom stereocenters. The standard InChI is InChI=1S/C13H19N3O/c1-15(2)13(17)9-4-7-12(11(14)8-9)16(3)10-5-6-10/h4,7-8,10H,5-6,14H2,1-3H3. The van der Waals surface area contributed by atoms with Crippen LogP contribution in [0.15, 0.2) is 18.2 Å². The number of nitrogens with zero attached hydrogens (tertiary/aromatic N) is 2. The molecule has 4 heteroatoms. The molecule has 1 aliphatic rings. The third-order valence-electron chi connectivity index (χ3n) is 3.16. The lowest BCUT2D eigenvalue weighted by molar-refractivity contribution is 0.0827. The monoisotopic (exact) mass is 233 g/mol. The van der Waals surface area contributed by atoms with E-state index in [1.54, 1.807) is 25.1 Å². The first-order valence-electron chi connectivity index (χ1n) is 5.84. The highest BCUT2D eigenvalue weighted by Crippen LogP contribution is 2.33. The molecule has 1 aromatic rings. The summed E-state index contributed by atoms with van der Waals surface area (Å²) in [5, 5.41) is 0. The van der Waals surface area contributed by atoms with Gasteiger partial charge in [0, 0.05) is 32.7 Å².